The predicted molar refractivity (Wildman–Crippen MR) is 143 cm³/mol. The summed E-state index contributed by atoms with van der Waals surface area (Å²) in [7, 11) is 0. The van der Waals surface area contributed by atoms with Crippen molar-refractivity contribution < 1.29 is 23.9 Å². The fraction of sp³-hybridized carbons (Fsp3) is 0.207. The van der Waals surface area contributed by atoms with Crippen LogP contribution in [0.5, 0.6) is 5.75 Å². The Morgan fingerprint density at radius 2 is 1.49 bits per heavy atom. The minimum absolute atomic E-state index is 0.159. The van der Waals surface area contributed by atoms with Crippen LogP contribution in [0, 0.1) is 0 Å². The number of nitrogens with zero attached hydrogens (tertiary/aromatic N) is 1. The molecular formula is C29H27BrN2O5. The second-order valence-corrected chi connectivity index (χ2v) is 9.10. The fourth-order valence-electron chi connectivity index (χ4n) is 3.96. The minimum Gasteiger partial charge on any atom is -0.484 e. The third-order valence-electron chi connectivity index (χ3n) is 5.88. The maximum absolute atomic E-state index is 13.5. The number of amides is 2. The first-order chi connectivity index (χ1) is 18.0. The van der Waals surface area contributed by atoms with E-state index in [9.17, 15) is 14.4 Å². The third-order valence-corrected chi connectivity index (χ3v) is 6.72. The summed E-state index contributed by atoms with van der Waals surface area (Å²) in [6, 6.07) is 27.1. The lowest BCUT2D eigenvalue weighted by molar-refractivity contribution is -0.153. The van der Waals surface area contributed by atoms with Crippen LogP contribution in [0.15, 0.2) is 102 Å². The molecule has 1 aliphatic heterocycles. The van der Waals surface area contributed by atoms with Gasteiger partial charge in [-0.05, 0) is 35.8 Å². The molecule has 1 atom stereocenters. The summed E-state index contributed by atoms with van der Waals surface area (Å²) in [6.45, 7) is 1.71. The number of β-lactam (4-membered cyclic amide) rings is 1. The first-order valence-corrected chi connectivity index (χ1v) is 12.9. The van der Waals surface area contributed by atoms with Crippen molar-refractivity contribution in [3.8, 4) is 5.75 Å². The smallest absolute Gasteiger partial charge is 0.355 e. The minimum atomic E-state index is -0.739. The summed E-state index contributed by atoms with van der Waals surface area (Å²) in [5.41, 5.74) is 2.45. The van der Waals surface area contributed by atoms with Gasteiger partial charge in [0.25, 0.3) is 11.8 Å². The van der Waals surface area contributed by atoms with Gasteiger partial charge in [-0.1, -0.05) is 94.8 Å². The molecule has 0 bridgehead atoms. The number of hydrogen-bond acceptors (Lipinski definition) is 5. The molecule has 2 amide bonds. The zero-order valence-corrected chi connectivity index (χ0v) is 21.9. The Balaban J connectivity index is 1.44. The highest BCUT2D eigenvalue weighted by Crippen LogP contribution is 2.30. The van der Waals surface area contributed by atoms with Crippen LogP contribution in [0.2, 0.25) is 0 Å². The molecule has 1 heterocycles. The van der Waals surface area contributed by atoms with Gasteiger partial charge in [-0.15, -0.1) is 0 Å². The number of likely N-dealkylation sites (tertiary alicyclic amines) is 1. The van der Waals surface area contributed by atoms with Crippen LogP contribution in [-0.4, -0.2) is 47.2 Å². The molecule has 1 saturated heterocycles. The van der Waals surface area contributed by atoms with Gasteiger partial charge in [-0.25, -0.2) is 4.79 Å². The summed E-state index contributed by atoms with van der Waals surface area (Å²) in [5.74, 6) is -0.844. The van der Waals surface area contributed by atoms with E-state index >= 15 is 0 Å². The second-order valence-electron chi connectivity index (χ2n) is 8.54. The van der Waals surface area contributed by atoms with Crippen molar-refractivity contribution in [2.24, 2.45) is 0 Å². The van der Waals surface area contributed by atoms with Crippen LogP contribution >= 0.6 is 15.9 Å². The molecule has 3 aromatic carbocycles. The molecule has 1 fully saturated rings. The number of halogens is 1. The van der Waals surface area contributed by atoms with E-state index in [1.807, 2.05) is 66.7 Å². The summed E-state index contributed by atoms with van der Waals surface area (Å²) < 4.78 is 11.4. The van der Waals surface area contributed by atoms with Gasteiger partial charge in [0.1, 0.15) is 17.5 Å². The van der Waals surface area contributed by atoms with Crippen molar-refractivity contribution >= 4 is 33.7 Å². The summed E-state index contributed by atoms with van der Waals surface area (Å²) in [5, 5.41) is 3.05. The Morgan fingerprint density at radius 1 is 0.946 bits per heavy atom. The number of alkyl halides is 1. The quantitative estimate of drug-likeness (QED) is 0.171. The Bertz CT molecular complexity index is 1230. The lowest BCUT2D eigenvalue weighted by Crippen LogP contribution is -2.64. The molecule has 0 radical (unpaired) electrons. The van der Waals surface area contributed by atoms with Crippen molar-refractivity contribution in [3.05, 3.63) is 113 Å². The maximum Gasteiger partial charge on any atom is 0.355 e. The van der Waals surface area contributed by atoms with Crippen LogP contribution in [0.1, 0.15) is 24.2 Å². The van der Waals surface area contributed by atoms with Gasteiger partial charge in [0.05, 0.1) is 6.54 Å². The Kier molecular flexibility index (Phi) is 8.74. The fourth-order valence-corrected chi connectivity index (χ4v) is 4.23. The molecule has 4 rings (SSSR count). The normalized spacial score (nSPS) is 15.5. The number of rotatable bonds is 10. The van der Waals surface area contributed by atoms with Crippen LogP contribution in [0.25, 0.3) is 0 Å². The third kappa shape index (κ3) is 6.46. The predicted octanol–water partition coefficient (Wildman–Crippen LogP) is 4.39. The van der Waals surface area contributed by atoms with Crippen LogP contribution in [-0.2, 0) is 19.1 Å². The molecule has 1 unspecified atom stereocenters. The highest BCUT2D eigenvalue weighted by atomic mass is 79.9. The first kappa shape index (κ1) is 26.2. The largest absolute Gasteiger partial charge is 0.484 e. The number of benzene rings is 3. The van der Waals surface area contributed by atoms with Gasteiger partial charge >= 0.3 is 5.97 Å². The summed E-state index contributed by atoms with van der Waals surface area (Å²) in [6.07, 6.45) is -0.643. The van der Waals surface area contributed by atoms with Crippen molar-refractivity contribution in [2.75, 3.05) is 18.5 Å². The van der Waals surface area contributed by atoms with E-state index in [2.05, 4.69) is 21.2 Å². The second kappa shape index (κ2) is 12.4. The lowest BCUT2D eigenvalue weighted by atomic mass is 10.0. The number of para-hydroxylation sites is 1. The number of allylic oxidation sites excluding steroid dienone is 1. The van der Waals surface area contributed by atoms with Crippen molar-refractivity contribution in [3.63, 3.8) is 0 Å². The molecule has 37 heavy (non-hydrogen) atoms. The molecule has 0 spiro atoms. The Labute approximate surface area is 224 Å². The van der Waals surface area contributed by atoms with Crippen LogP contribution < -0.4 is 10.1 Å². The maximum atomic E-state index is 13.5. The number of nitrogens with one attached hydrogen (secondary N) is 1. The Hall–Kier alpha value is -3.91. The number of carbonyl (C=O) groups excluding carboxylic acids is 3. The van der Waals surface area contributed by atoms with Crippen LogP contribution in [0.4, 0.5) is 0 Å². The van der Waals surface area contributed by atoms with Crippen LogP contribution in [0.3, 0.4) is 0 Å². The van der Waals surface area contributed by atoms with E-state index in [0.29, 0.717) is 16.7 Å². The summed E-state index contributed by atoms with van der Waals surface area (Å²) >= 11 is 3.39. The first-order valence-electron chi connectivity index (χ1n) is 11.8. The van der Waals surface area contributed by atoms with Gasteiger partial charge in [-0.3, -0.25) is 9.59 Å². The van der Waals surface area contributed by atoms with Crippen molar-refractivity contribution in [1.82, 2.24) is 10.2 Å². The molecule has 0 aliphatic carbocycles. The molecule has 190 valence electrons. The molecule has 0 saturated carbocycles. The van der Waals surface area contributed by atoms with E-state index < -0.39 is 24.0 Å². The standard InChI is InChI=1S/C29H27BrN2O5/c1-20(17-30)26(29(35)37-27(21-11-5-2-6-12-21)22-13-7-3-8-14-22)32-18-24(28(32)34)31-25(33)19-36-23-15-9-4-10-16-23/h2-16,24,27H,17-19H2,1H3,(H,31,33). The number of hydrogen-bond donors (Lipinski definition) is 1. The van der Waals surface area contributed by atoms with E-state index in [-0.39, 0.29) is 24.8 Å². The van der Waals surface area contributed by atoms with E-state index in [0.717, 1.165) is 11.1 Å². The number of esters is 1. The van der Waals surface area contributed by atoms with Crippen molar-refractivity contribution in [2.45, 2.75) is 19.1 Å². The average Bonchev–Trinajstić information content (AvgIpc) is 2.95. The van der Waals surface area contributed by atoms with E-state index in [1.54, 1.807) is 31.2 Å². The molecule has 7 nitrogen and oxygen atoms in total. The monoisotopic (exact) mass is 562 g/mol. The zero-order valence-electron chi connectivity index (χ0n) is 20.3. The average molecular weight is 563 g/mol. The number of carbonyl (C=O) groups is 3. The van der Waals surface area contributed by atoms with Gasteiger partial charge in [0, 0.05) is 5.33 Å². The van der Waals surface area contributed by atoms with Crippen molar-refractivity contribution in [1.29, 1.82) is 0 Å². The Morgan fingerprint density at radius 3 is 2.00 bits per heavy atom. The topological polar surface area (TPSA) is 84.9 Å². The van der Waals surface area contributed by atoms with Gasteiger partial charge < -0.3 is 19.7 Å². The number of ether oxygens (including phenoxy) is 2. The zero-order chi connectivity index (χ0) is 26.2. The van der Waals surface area contributed by atoms with Gasteiger partial charge in [0.2, 0.25) is 0 Å². The molecule has 1 aliphatic rings. The SMILES string of the molecule is CC(CBr)=C(C(=O)OC(c1ccccc1)c1ccccc1)N1CC(NC(=O)COc2ccccc2)C1=O. The molecule has 8 heteroatoms. The molecule has 0 aromatic heterocycles. The summed E-state index contributed by atoms with van der Waals surface area (Å²) in [4.78, 5) is 40.1. The van der Waals surface area contributed by atoms with E-state index in [1.165, 1.54) is 4.90 Å². The molecular weight excluding hydrogens is 536 g/mol. The lowest BCUT2D eigenvalue weighted by Gasteiger charge is -2.40. The molecule has 1 N–H and O–H groups in total. The highest BCUT2D eigenvalue weighted by Gasteiger charge is 2.43. The highest BCUT2D eigenvalue weighted by molar-refractivity contribution is 9.09. The van der Waals surface area contributed by atoms with Gasteiger partial charge in [0.15, 0.2) is 12.7 Å². The molecule has 3 aromatic rings. The van der Waals surface area contributed by atoms with E-state index in [4.69, 9.17) is 9.47 Å². The van der Waals surface area contributed by atoms with Gasteiger partial charge in [-0.2, -0.15) is 0 Å².